The summed E-state index contributed by atoms with van der Waals surface area (Å²) in [5.41, 5.74) is 4.66. The van der Waals surface area contributed by atoms with Crippen LogP contribution in [0.15, 0.2) is 65.7 Å². The Morgan fingerprint density at radius 1 is 1.10 bits per heavy atom. The van der Waals surface area contributed by atoms with Gasteiger partial charge in [0.2, 0.25) is 0 Å². The van der Waals surface area contributed by atoms with Gasteiger partial charge in [-0.2, -0.15) is 0 Å². The van der Waals surface area contributed by atoms with E-state index < -0.39 is 12.0 Å². The van der Waals surface area contributed by atoms with Crippen LogP contribution in [-0.2, 0) is 17.8 Å². The summed E-state index contributed by atoms with van der Waals surface area (Å²) in [4.78, 5) is 44.3. The first-order valence-corrected chi connectivity index (χ1v) is 12.8. The van der Waals surface area contributed by atoms with E-state index in [1.165, 1.54) is 0 Å². The predicted octanol–water partition coefficient (Wildman–Crippen LogP) is 3.84. The van der Waals surface area contributed by atoms with E-state index in [0.717, 1.165) is 34.7 Å². The fourth-order valence-electron chi connectivity index (χ4n) is 5.33. The van der Waals surface area contributed by atoms with Gasteiger partial charge in [-0.05, 0) is 47.5 Å². The predicted molar refractivity (Wildman–Crippen MR) is 153 cm³/mol. The molecule has 0 saturated carbocycles. The number of aliphatic imine (C=N–C) groups is 1. The molecule has 0 fully saturated rings. The van der Waals surface area contributed by atoms with E-state index in [0.29, 0.717) is 42.3 Å². The van der Waals surface area contributed by atoms with Gasteiger partial charge in [0.1, 0.15) is 5.75 Å². The van der Waals surface area contributed by atoms with Gasteiger partial charge >= 0.3 is 5.97 Å². The van der Waals surface area contributed by atoms with E-state index >= 15 is 0 Å². The number of carboxylic acids is 1. The molecule has 11 heteroatoms. The number of benzene rings is 3. The summed E-state index contributed by atoms with van der Waals surface area (Å²) < 4.78 is 5.67. The Bertz CT molecular complexity index is 1520. The molecule has 3 aliphatic heterocycles. The topological polar surface area (TPSA) is 132 Å². The van der Waals surface area contributed by atoms with Crippen molar-refractivity contribution >= 4 is 47.5 Å². The fourth-order valence-corrected chi connectivity index (χ4v) is 5.33. The molecular formula is C29H28ClN5O5. The molecule has 0 aromatic heterocycles. The zero-order chi connectivity index (χ0) is 26.9. The monoisotopic (exact) mass is 561 g/mol. The molecule has 2 amide bonds. The van der Waals surface area contributed by atoms with Gasteiger partial charge in [0.25, 0.3) is 11.8 Å². The summed E-state index contributed by atoms with van der Waals surface area (Å²) >= 11 is 0. The highest BCUT2D eigenvalue weighted by Crippen LogP contribution is 2.39. The lowest BCUT2D eigenvalue weighted by atomic mass is 9.95. The van der Waals surface area contributed by atoms with Crippen molar-refractivity contribution in [2.45, 2.75) is 25.4 Å². The third kappa shape index (κ3) is 5.30. The van der Waals surface area contributed by atoms with Crippen LogP contribution >= 0.6 is 12.4 Å². The Balaban J connectivity index is 0.00000323. The number of fused-ring (bicyclic) bond motifs is 2. The van der Waals surface area contributed by atoms with E-state index in [1.54, 1.807) is 41.3 Å². The van der Waals surface area contributed by atoms with Crippen molar-refractivity contribution < 1.29 is 24.2 Å². The number of hydrogen-bond acceptors (Lipinski definition) is 7. The summed E-state index contributed by atoms with van der Waals surface area (Å²) in [5, 5.41) is 18.8. The number of carbonyl (C=O) groups excluding carboxylic acids is 2. The number of nitrogens with one attached hydrogen (secondary N) is 3. The lowest BCUT2D eigenvalue weighted by Crippen LogP contribution is -2.31. The van der Waals surface area contributed by atoms with Gasteiger partial charge in [0, 0.05) is 47.6 Å². The summed E-state index contributed by atoms with van der Waals surface area (Å²) in [6.07, 6.45) is 0.459. The molecule has 1 unspecified atom stereocenters. The molecule has 3 heterocycles. The number of carboxylic acid groups (broad SMARTS) is 1. The maximum absolute atomic E-state index is 13.6. The number of amides is 2. The van der Waals surface area contributed by atoms with E-state index in [2.05, 4.69) is 20.9 Å². The first-order valence-electron chi connectivity index (χ1n) is 12.8. The van der Waals surface area contributed by atoms with Crippen molar-refractivity contribution in [3.63, 3.8) is 0 Å². The number of carbonyl (C=O) groups is 3. The van der Waals surface area contributed by atoms with Gasteiger partial charge in [-0.25, -0.2) is 0 Å². The Hall–Kier alpha value is -4.57. The Kier molecular flexibility index (Phi) is 7.61. The fraction of sp³-hybridized carbons (Fsp3) is 0.241. The number of guanidine groups is 1. The average Bonchev–Trinajstić information content (AvgIpc) is 3.68. The normalized spacial score (nSPS) is 15.7. The van der Waals surface area contributed by atoms with Crippen molar-refractivity contribution in [3.8, 4) is 5.75 Å². The smallest absolute Gasteiger partial charge is 0.305 e. The summed E-state index contributed by atoms with van der Waals surface area (Å²) in [6, 6.07) is 17.2. The molecule has 3 aromatic rings. The molecule has 0 saturated heterocycles. The molecule has 0 spiro atoms. The number of rotatable bonds is 7. The van der Waals surface area contributed by atoms with Crippen molar-refractivity contribution in [1.29, 1.82) is 0 Å². The second-order valence-electron chi connectivity index (χ2n) is 9.66. The zero-order valence-electron chi connectivity index (χ0n) is 21.5. The van der Waals surface area contributed by atoms with Crippen LogP contribution in [0.25, 0.3) is 0 Å². The minimum Gasteiger partial charge on any atom is -0.493 e. The number of anilines is 2. The number of ether oxygens (including phenoxy) is 1. The molecular weight excluding hydrogens is 534 g/mol. The molecule has 3 aliphatic rings. The minimum atomic E-state index is -0.985. The SMILES string of the molecule is Cl.O=C(O)CC(c1cccc2c1CCO2)N1Cc2ccc(NC(=O)c3cccc(NC4=NCCN4)c3)cc2C1=O. The van der Waals surface area contributed by atoms with Crippen LogP contribution in [-0.4, -0.2) is 53.4 Å². The molecule has 4 N–H and O–H groups in total. The number of halogens is 1. The van der Waals surface area contributed by atoms with Crippen LogP contribution in [0.2, 0.25) is 0 Å². The quantitative estimate of drug-likeness (QED) is 0.344. The van der Waals surface area contributed by atoms with Crippen LogP contribution < -0.4 is 20.7 Å². The maximum Gasteiger partial charge on any atom is 0.305 e. The van der Waals surface area contributed by atoms with Gasteiger partial charge in [0.05, 0.1) is 25.6 Å². The van der Waals surface area contributed by atoms with Gasteiger partial charge < -0.3 is 30.7 Å². The molecule has 0 bridgehead atoms. The number of nitrogens with zero attached hydrogens (tertiary/aromatic N) is 2. The summed E-state index contributed by atoms with van der Waals surface area (Å²) in [6.45, 7) is 2.30. The summed E-state index contributed by atoms with van der Waals surface area (Å²) in [5.74, 6) is -0.154. The van der Waals surface area contributed by atoms with Crippen LogP contribution in [0.4, 0.5) is 11.4 Å². The Morgan fingerprint density at radius 3 is 2.75 bits per heavy atom. The van der Waals surface area contributed by atoms with Gasteiger partial charge in [-0.1, -0.05) is 24.3 Å². The molecule has 3 aromatic carbocycles. The Morgan fingerprint density at radius 2 is 1.95 bits per heavy atom. The maximum atomic E-state index is 13.6. The molecule has 0 aliphatic carbocycles. The van der Waals surface area contributed by atoms with Crippen LogP contribution in [0.1, 0.15) is 49.9 Å². The standard InChI is InChI=1S/C29H27N5O5.ClH/c35-26(36)15-24(21-5-2-6-25-22(21)9-12-39-25)34-16-18-7-8-20(14-23(18)28(34)38)32-27(37)17-3-1-4-19(13-17)33-29-30-10-11-31-29;/h1-8,13-14,24H,9-12,15-16H2,(H,32,37)(H,35,36)(H2,30,31,33);1H. The highest BCUT2D eigenvalue weighted by Gasteiger charge is 2.36. The van der Waals surface area contributed by atoms with Crippen molar-refractivity contribution in [3.05, 3.63) is 88.5 Å². The van der Waals surface area contributed by atoms with E-state index in [-0.39, 0.29) is 37.2 Å². The molecule has 206 valence electrons. The highest BCUT2D eigenvalue weighted by molar-refractivity contribution is 6.07. The second-order valence-corrected chi connectivity index (χ2v) is 9.66. The first-order chi connectivity index (χ1) is 19.0. The molecule has 0 radical (unpaired) electrons. The van der Waals surface area contributed by atoms with E-state index in [9.17, 15) is 19.5 Å². The molecule has 10 nitrogen and oxygen atoms in total. The number of aliphatic carboxylic acids is 1. The summed E-state index contributed by atoms with van der Waals surface area (Å²) in [7, 11) is 0. The second kappa shape index (κ2) is 11.3. The molecule has 6 rings (SSSR count). The van der Waals surface area contributed by atoms with Crippen LogP contribution in [0.5, 0.6) is 5.75 Å². The zero-order valence-corrected chi connectivity index (χ0v) is 22.3. The van der Waals surface area contributed by atoms with Crippen molar-refractivity contribution in [1.82, 2.24) is 10.2 Å². The lowest BCUT2D eigenvalue weighted by Gasteiger charge is -2.28. The average molecular weight is 562 g/mol. The number of hydrogen-bond donors (Lipinski definition) is 4. The van der Waals surface area contributed by atoms with Crippen molar-refractivity contribution in [2.24, 2.45) is 4.99 Å². The molecule has 40 heavy (non-hydrogen) atoms. The van der Waals surface area contributed by atoms with Gasteiger partial charge in [-0.3, -0.25) is 19.4 Å². The highest BCUT2D eigenvalue weighted by atomic mass is 35.5. The minimum absolute atomic E-state index is 0. The van der Waals surface area contributed by atoms with Crippen LogP contribution in [0, 0.1) is 0 Å². The van der Waals surface area contributed by atoms with Gasteiger partial charge in [-0.15, -0.1) is 12.4 Å². The largest absolute Gasteiger partial charge is 0.493 e. The van der Waals surface area contributed by atoms with Gasteiger partial charge in [0.15, 0.2) is 5.96 Å². The molecule has 1 atom stereocenters. The first kappa shape index (κ1) is 27.0. The lowest BCUT2D eigenvalue weighted by molar-refractivity contribution is -0.138. The van der Waals surface area contributed by atoms with Crippen molar-refractivity contribution in [2.75, 3.05) is 30.3 Å². The third-order valence-corrected chi connectivity index (χ3v) is 7.14. The van der Waals surface area contributed by atoms with Crippen LogP contribution in [0.3, 0.4) is 0 Å². The Labute approximate surface area is 236 Å². The van der Waals surface area contributed by atoms with E-state index in [4.69, 9.17) is 4.74 Å². The third-order valence-electron chi connectivity index (χ3n) is 7.14. The van der Waals surface area contributed by atoms with E-state index in [1.807, 2.05) is 24.3 Å².